The summed E-state index contributed by atoms with van der Waals surface area (Å²) in [6, 6.07) is 4.50. The number of anilines is 1. The van der Waals surface area contributed by atoms with Crippen molar-refractivity contribution in [3.8, 4) is 0 Å². The van der Waals surface area contributed by atoms with E-state index in [1.54, 1.807) is 17.0 Å². The molecule has 4 amide bonds. The van der Waals surface area contributed by atoms with Crippen LogP contribution >= 0.6 is 0 Å². The van der Waals surface area contributed by atoms with Crippen molar-refractivity contribution in [1.29, 1.82) is 0 Å². The van der Waals surface area contributed by atoms with E-state index in [0.29, 0.717) is 43.1 Å². The highest BCUT2D eigenvalue weighted by atomic mass is 16.5. The lowest BCUT2D eigenvalue weighted by molar-refractivity contribution is 0.0564. The average molecular weight is 289 g/mol. The fourth-order valence-corrected chi connectivity index (χ4v) is 2.41. The minimum Gasteiger partial charge on any atom is -0.378 e. The van der Waals surface area contributed by atoms with Crippen LogP contribution in [0.1, 0.15) is 20.7 Å². The number of hydrogen-bond donors (Lipinski definition) is 1. The van der Waals surface area contributed by atoms with E-state index in [4.69, 9.17) is 4.74 Å². The fourth-order valence-electron chi connectivity index (χ4n) is 2.41. The minimum atomic E-state index is -0.350. The second-order valence-electron chi connectivity index (χ2n) is 4.96. The summed E-state index contributed by atoms with van der Waals surface area (Å²) < 4.78 is 5.19. The van der Waals surface area contributed by atoms with Crippen molar-refractivity contribution in [3.05, 3.63) is 29.3 Å². The number of nitrogens with one attached hydrogen (secondary N) is 1. The number of benzene rings is 1. The van der Waals surface area contributed by atoms with Gasteiger partial charge in [0.25, 0.3) is 11.8 Å². The summed E-state index contributed by atoms with van der Waals surface area (Å²) in [5.74, 6) is -0.668. The Morgan fingerprint density at radius 1 is 1.14 bits per heavy atom. The molecule has 110 valence electrons. The number of carbonyl (C=O) groups is 3. The number of nitrogens with zero attached hydrogens (tertiary/aromatic N) is 2. The van der Waals surface area contributed by atoms with Gasteiger partial charge >= 0.3 is 6.03 Å². The summed E-state index contributed by atoms with van der Waals surface area (Å²) in [5, 5.41) is 2.74. The third-order valence-electron chi connectivity index (χ3n) is 3.64. The number of hydrogen-bond acceptors (Lipinski definition) is 4. The molecule has 0 saturated carbocycles. The summed E-state index contributed by atoms with van der Waals surface area (Å²) in [6.45, 7) is 2.12. The highest BCUT2D eigenvalue weighted by molar-refractivity contribution is 6.21. The molecule has 0 unspecified atom stereocenters. The van der Waals surface area contributed by atoms with Crippen LogP contribution in [0.25, 0.3) is 0 Å². The standard InChI is InChI=1S/C14H15N3O4/c1-16-12(18)10-3-2-9(8-11(10)13(16)19)15-14(20)17-4-6-21-7-5-17/h2-3,8H,4-7H2,1H3,(H,15,20). The van der Waals surface area contributed by atoms with Gasteiger partial charge in [-0.15, -0.1) is 0 Å². The third kappa shape index (κ3) is 2.36. The zero-order valence-electron chi connectivity index (χ0n) is 11.6. The summed E-state index contributed by atoms with van der Waals surface area (Å²) in [7, 11) is 1.44. The molecule has 0 spiro atoms. The van der Waals surface area contributed by atoms with E-state index in [2.05, 4.69) is 5.32 Å². The Morgan fingerprint density at radius 3 is 2.52 bits per heavy atom. The van der Waals surface area contributed by atoms with E-state index in [1.807, 2.05) is 0 Å². The summed E-state index contributed by atoms with van der Waals surface area (Å²) in [6.07, 6.45) is 0. The SMILES string of the molecule is CN1C(=O)c2ccc(NC(=O)N3CCOCC3)cc2C1=O. The van der Waals surface area contributed by atoms with E-state index in [0.717, 1.165) is 4.90 Å². The predicted molar refractivity (Wildman–Crippen MR) is 74.3 cm³/mol. The first kappa shape index (κ1) is 13.6. The van der Waals surface area contributed by atoms with Crippen LogP contribution in [0.4, 0.5) is 10.5 Å². The Morgan fingerprint density at radius 2 is 1.81 bits per heavy atom. The Kier molecular flexibility index (Phi) is 3.34. The fraction of sp³-hybridized carbons (Fsp3) is 0.357. The van der Waals surface area contributed by atoms with Crippen molar-refractivity contribution < 1.29 is 19.1 Å². The second kappa shape index (κ2) is 5.17. The molecule has 2 aliphatic heterocycles. The van der Waals surface area contributed by atoms with Crippen LogP contribution in [-0.4, -0.2) is 61.0 Å². The largest absolute Gasteiger partial charge is 0.378 e. The molecule has 0 radical (unpaired) electrons. The lowest BCUT2D eigenvalue weighted by atomic mass is 10.1. The normalized spacial score (nSPS) is 18.0. The van der Waals surface area contributed by atoms with Crippen molar-refractivity contribution in [2.75, 3.05) is 38.7 Å². The number of urea groups is 1. The molecule has 0 aromatic heterocycles. The monoisotopic (exact) mass is 289 g/mol. The van der Waals surface area contributed by atoms with Crippen LogP contribution in [0.2, 0.25) is 0 Å². The molecule has 21 heavy (non-hydrogen) atoms. The number of ether oxygens (including phenoxy) is 1. The molecule has 3 rings (SSSR count). The van der Waals surface area contributed by atoms with E-state index >= 15 is 0 Å². The first-order chi connectivity index (χ1) is 10.1. The van der Waals surface area contributed by atoms with Gasteiger partial charge in [0.2, 0.25) is 0 Å². The summed E-state index contributed by atoms with van der Waals surface area (Å²) in [5.41, 5.74) is 1.19. The molecule has 1 aromatic carbocycles. The number of morpholine rings is 1. The van der Waals surface area contributed by atoms with Crippen LogP contribution in [0.5, 0.6) is 0 Å². The van der Waals surface area contributed by atoms with E-state index < -0.39 is 0 Å². The van der Waals surface area contributed by atoms with Gasteiger partial charge < -0.3 is 15.0 Å². The van der Waals surface area contributed by atoms with Gasteiger partial charge in [-0.2, -0.15) is 0 Å². The smallest absolute Gasteiger partial charge is 0.321 e. The summed E-state index contributed by atoms with van der Waals surface area (Å²) >= 11 is 0. The first-order valence-corrected chi connectivity index (χ1v) is 6.68. The van der Waals surface area contributed by atoms with Crippen molar-refractivity contribution in [1.82, 2.24) is 9.80 Å². The topological polar surface area (TPSA) is 79.0 Å². The van der Waals surface area contributed by atoms with Crippen LogP contribution in [0, 0.1) is 0 Å². The maximum absolute atomic E-state index is 12.1. The molecule has 7 heteroatoms. The number of fused-ring (bicyclic) bond motifs is 1. The molecule has 0 aliphatic carbocycles. The zero-order valence-corrected chi connectivity index (χ0v) is 11.6. The molecular weight excluding hydrogens is 274 g/mol. The average Bonchev–Trinajstić information content (AvgIpc) is 2.73. The molecular formula is C14H15N3O4. The van der Waals surface area contributed by atoms with E-state index in [-0.39, 0.29) is 17.8 Å². The Bertz CT molecular complexity index is 623. The molecule has 1 aromatic rings. The number of rotatable bonds is 1. The van der Waals surface area contributed by atoms with Crippen LogP contribution in [-0.2, 0) is 4.74 Å². The molecule has 1 N–H and O–H groups in total. The van der Waals surface area contributed by atoms with Gasteiger partial charge in [-0.1, -0.05) is 0 Å². The Labute approximate surface area is 121 Å². The third-order valence-corrected chi connectivity index (χ3v) is 3.64. The molecule has 0 atom stereocenters. The molecule has 2 aliphatic rings. The van der Waals surface area contributed by atoms with E-state index in [9.17, 15) is 14.4 Å². The molecule has 1 fully saturated rings. The predicted octanol–water partition coefficient (Wildman–Crippen LogP) is 0.776. The molecule has 0 bridgehead atoms. The van der Waals surface area contributed by atoms with Gasteiger partial charge in [-0.25, -0.2) is 4.79 Å². The first-order valence-electron chi connectivity index (χ1n) is 6.68. The van der Waals surface area contributed by atoms with Crippen molar-refractivity contribution in [2.45, 2.75) is 0 Å². The van der Waals surface area contributed by atoms with Gasteiger partial charge in [-0.3, -0.25) is 14.5 Å². The zero-order chi connectivity index (χ0) is 15.0. The number of amides is 4. The van der Waals surface area contributed by atoms with E-state index in [1.165, 1.54) is 13.1 Å². The maximum atomic E-state index is 12.1. The Hall–Kier alpha value is -2.41. The van der Waals surface area contributed by atoms with Crippen LogP contribution < -0.4 is 5.32 Å². The summed E-state index contributed by atoms with van der Waals surface area (Å²) in [4.78, 5) is 38.5. The minimum absolute atomic E-state index is 0.233. The number of imide groups is 1. The quantitative estimate of drug-likeness (QED) is 0.775. The van der Waals surface area contributed by atoms with Crippen LogP contribution in [0.3, 0.4) is 0 Å². The van der Waals surface area contributed by atoms with Gasteiger partial charge in [-0.05, 0) is 18.2 Å². The van der Waals surface area contributed by atoms with Gasteiger partial charge in [0.05, 0.1) is 24.3 Å². The van der Waals surface area contributed by atoms with Crippen molar-refractivity contribution in [2.24, 2.45) is 0 Å². The second-order valence-corrected chi connectivity index (χ2v) is 4.96. The van der Waals surface area contributed by atoms with Gasteiger partial charge in [0.15, 0.2) is 0 Å². The maximum Gasteiger partial charge on any atom is 0.321 e. The molecule has 7 nitrogen and oxygen atoms in total. The highest BCUT2D eigenvalue weighted by Crippen LogP contribution is 2.24. The lowest BCUT2D eigenvalue weighted by Gasteiger charge is -2.26. The van der Waals surface area contributed by atoms with Crippen molar-refractivity contribution in [3.63, 3.8) is 0 Å². The molecule has 2 heterocycles. The van der Waals surface area contributed by atoms with Crippen molar-refractivity contribution >= 4 is 23.5 Å². The van der Waals surface area contributed by atoms with Crippen LogP contribution in [0.15, 0.2) is 18.2 Å². The lowest BCUT2D eigenvalue weighted by Crippen LogP contribution is -2.43. The van der Waals surface area contributed by atoms with Gasteiger partial charge in [0.1, 0.15) is 0 Å². The highest BCUT2D eigenvalue weighted by Gasteiger charge is 2.32. The Balaban J connectivity index is 1.77. The number of carbonyl (C=O) groups excluding carboxylic acids is 3. The molecule has 1 saturated heterocycles. The van der Waals surface area contributed by atoms with Gasteiger partial charge in [0, 0.05) is 25.8 Å².